The molecule has 7 nitrogen and oxygen atoms in total. The Morgan fingerprint density at radius 3 is 2.48 bits per heavy atom. The second-order valence-electron chi connectivity index (χ2n) is 9.74. The summed E-state index contributed by atoms with van der Waals surface area (Å²) in [6, 6.07) is 19.5. The van der Waals surface area contributed by atoms with Gasteiger partial charge < -0.3 is 19.7 Å². The standard InChI is InChI=1S/C31H33ClFN3O4/c1-21-17-36(30(38)14-11-25-15-29(39-3)27(32)16-28(25)34-22(2)37)31(40-20-24-7-5-4-6-8-24)19-35(21)18-23-9-12-26(33)13-10-23/h4-16,21,31H,17-20H2,1-3H3,(H,34,37)/b14-11+/t21-,31+/m0/s1. The van der Waals surface area contributed by atoms with Crippen LogP contribution < -0.4 is 10.1 Å². The molecule has 0 spiro atoms. The number of nitrogens with one attached hydrogen (secondary N) is 1. The van der Waals surface area contributed by atoms with Gasteiger partial charge in [0.15, 0.2) is 0 Å². The van der Waals surface area contributed by atoms with Crippen LogP contribution in [0.2, 0.25) is 5.02 Å². The fourth-order valence-electron chi connectivity index (χ4n) is 4.60. The third kappa shape index (κ3) is 7.69. The van der Waals surface area contributed by atoms with Gasteiger partial charge in [0.25, 0.3) is 0 Å². The van der Waals surface area contributed by atoms with Gasteiger partial charge in [-0.05, 0) is 48.4 Å². The number of anilines is 1. The number of amides is 2. The van der Waals surface area contributed by atoms with Gasteiger partial charge in [0.05, 0.1) is 18.7 Å². The maximum absolute atomic E-state index is 13.6. The van der Waals surface area contributed by atoms with Crippen LogP contribution in [-0.4, -0.2) is 54.1 Å². The normalized spacial score (nSPS) is 17.7. The van der Waals surface area contributed by atoms with Crippen LogP contribution >= 0.6 is 11.6 Å². The Morgan fingerprint density at radius 2 is 1.80 bits per heavy atom. The highest BCUT2D eigenvalue weighted by Gasteiger charge is 2.34. The Bertz CT molecular complexity index is 1350. The molecule has 4 rings (SSSR count). The van der Waals surface area contributed by atoms with E-state index in [4.69, 9.17) is 21.1 Å². The summed E-state index contributed by atoms with van der Waals surface area (Å²) in [5.41, 5.74) is 3.03. The Kier molecular flexibility index (Phi) is 9.93. The second-order valence-corrected chi connectivity index (χ2v) is 10.1. The van der Waals surface area contributed by atoms with Crippen molar-refractivity contribution in [3.63, 3.8) is 0 Å². The van der Waals surface area contributed by atoms with Gasteiger partial charge in [0, 0.05) is 49.9 Å². The predicted octanol–water partition coefficient (Wildman–Crippen LogP) is 5.74. The molecule has 0 radical (unpaired) electrons. The van der Waals surface area contributed by atoms with Crippen LogP contribution in [0.3, 0.4) is 0 Å². The van der Waals surface area contributed by atoms with Crippen molar-refractivity contribution < 1.29 is 23.5 Å². The summed E-state index contributed by atoms with van der Waals surface area (Å²) in [6.07, 6.45) is 2.59. The molecular weight excluding hydrogens is 533 g/mol. The van der Waals surface area contributed by atoms with E-state index in [1.807, 2.05) is 30.3 Å². The second kappa shape index (κ2) is 13.6. The van der Waals surface area contributed by atoms with E-state index in [2.05, 4.69) is 17.1 Å². The minimum absolute atomic E-state index is 0.0320. The van der Waals surface area contributed by atoms with Crippen LogP contribution in [0, 0.1) is 5.82 Å². The average Bonchev–Trinajstić information content (AvgIpc) is 2.94. The molecule has 1 aliphatic heterocycles. The Labute approximate surface area is 239 Å². The number of methoxy groups -OCH3 is 1. The topological polar surface area (TPSA) is 71.1 Å². The molecular formula is C31H33ClFN3O4. The van der Waals surface area contributed by atoms with E-state index in [-0.39, 0.29) is 23.7 Å². The predicted molar refractivity (Wildman–Crippen MR) is 154 cm³/mol. The molecule has 3 aromatic rings. The number of carbonyl (C=O) groups excluding carboxylic acids is 2. The lowest BCUT2D eigenvalue weighted by Gasteiger charge is -2.44. The summed E-state index contributed by atoms with van der Waals surface area (Å²) >= 11 is 6.25. The Morgan fingerprint density at radius 1 is 1.07 bits per heavy atom. The largest absolute Gasteiger partial charge is 0.495 e. The van der Waals surface area contributed by atoms with Gasteiger partial charge in [-0.3, -0.25) is 14.5 Å². The van der Waals surface area contributed by atoms with Crippen molar-refractivity contribution >= 4 is 35.2 Å². The van der Waals surface area contributed by atoms with Gasteiger partial charge in [-0.1, -0.05) is 54.1 Å². The number of hydrogen-bond acceptors (Lipinski definition) is 5. The van der Waals surface area contributed by atoms with Crippen LogP contribution in [0.15, 0.2) is 72.8 Å². The molecule has 1 heterocycles. The molecule has 0 aromatic heterocycles. The van der Waals surface area contributed by atoms with Gasteiger partial charge in [-0.15, -0.1) is 0 Å². The van der Waals surface area contributed by atoms with E-state index in [0.717, 1.165) is 11.1 Å². The van der Waals surface area contributed by atoms with Crippen LogP contribution in [-0.2, 0) is 27.5 Å². The van der Waals surface area contributed by atoms with Crippen molar-refractivity contribution in [3.05, 3.63) is 100 Å². The number of benzene rings is 3. The first-order valence-corrected chi connectivity index (χ1v) is 13.4. The molecule has 0 saturated carbocycles. The van der Waals surface area contributed by atoms with E-state index in [9.17, 15) is 14.0 Å². The highest BCUT2D eigenvalue weighted by atomic mass is 35.5. The van der Waals surface area contributed by atoms with Crippen LogP contribution in [0.1, 0.15) is 30.5 Å². The summed E-state index contributed by atoms with van der Waals surface area (Å²) in [5, 5.41) is 3.09. The molecule has 1 N–H and O–H groups in total. The van der Waals surface area contributed by atoms with Crippen molar-refractivity contribution in [1.82, 2.24) is 9.80 Å². The van der Waals surface area contributed by atoms with E-state index in [0.29, 0.717) is 48.3 Å². The summed E-state index contributed by atoms with van der Waals surface area (Å²) in [4.78, 5) is 29.2. The number of nitrogens with zero attached hydrogens (tertiary/aromatic N) is 2. The summed E-state index contributed by atoms with van der Waals surface area (Å²) in [5.74, 6) is -0.338. The lowest BCUT2D eigenvalue weighted by Crippen LogP contribution is -2.59. The zero-order valence-corrected chi connectivity index (χ0v) is 23.5. The Balaban J connectivity index is 1.56. The number of halogens is 2. The highest BCUT2D eigenvalue weighted by molar-refractivity contribution is 6.32. The lowest BCUT2D eigenvalue weighted by atomic mass is 10.1. The van der Waals surface area contributed by atoms with Gasteiger partial charge in [0.1, 0.15) is 17.8 Å². The quantitative estimate of drug-likeness (QED) is 0.335. The van der Waals surface area contributed by atoms with Crippen molar-refractivity contribution in [2.24, 2.45) is 0 Å². The number of hydrogen-bond donors (Lipinski definition) is 1. The first kappa shape index (κ1) is 29.3. The minimum atomic E-state index is -0.511. The smallest absolute Gasteiger partial charge is 0.248 e. The minimum Gasteiger partial charge on any atom is -0.495 e. The zero-order chi connectivity index (χ0) is 28.6. The Hall–Kier alpha value is -3.72. The molecule has 3 aromatic carbocycles. The first-order valence-electron chi connectivity index (χ1n) is 13.0. The molecule has 0 aliphatic carbocycles. The first-order chi connectivity index (χ1) is 19.2. The zero-order valence-electron chi connectivity index (χ0n) is 22.8. The fraction of sp³-hybridized carbons (Fsp3) is 0.290. The highest BCUT2D eigenvalue weighted by Crippen LogP contribution is 2.32. The fourth-order valence-corrected chi connectivity index (χ4v) is 4.84. The maximum atomic E-state index is 13.6. The van der Waals surface area contributed by atoms with Crippen LogP contribution in [0.25, 0.3) is 6.08 Å². The summed E-state index contributed by atoms with van der Waals surface area (Å²) < 4.78 is 25.0. The van der Waals surface area contributed by atoms with Gasteiger partial charge >= 0.3 is 0 Å². The van der Waals surface area contributed by atoms with Crippen molar-refractivity contribution in [2.45, 2.75) is 39.3 Å². The molecule has 1 aliphatic rings. The maximum Gasteiger partial charge on any atom is 0.248 e. The number of ether oxygens (including phenoxy) is 2. The van der Waals surface area contributed by atoms with E-state index in [1.165, 1.54) is 32.2 Å². The lowest BCUT2D eigenvalue weighted by molar-refractivity contribution is -0.157. The van der Waals surface area contributed by atoms with E-state index >= 15 is 0 Å². The molecule has 1 saturated heterocycles. The van der Waals surface area contributed by atoms with E-state index in [1.54, 1.807) is 35.2 Å². The number of piperazine rings is 1. The SMILES string of the molecule is COc1cc(/C=C/C(=O)N2C[C@H](C)N(Cc3ccc(F)cc3)C[C@H]2OCc2ccccc2)c(NC(C)=O)cc1Cl. The number of rotatable bonds is 9. The summed E-state index contributed by atoms with van der Waals surface area (Å²) in [6.45, 7) is 5.33. The molecule has 0 unspecified atom stereocenters. The van der Waals surface area contributed by atoms with Crippen molar-refractivity contribution in [3.8, 4) is 5.75 Å². The van der Waals surface area contributed by atoms with Crippen molar-refractivity contribution in [1.29, 1.82) is 0 Å². The molecule has 9 heteroatoms. The third-order valence-electron chi connectivity index (χ3n) is 6.73. The third-order valence-corrected chi connectivity index (χ3v) is 7.03. The van der Waals surface area contributed by atoms with Gasteiger partial charge in [-0.2, -0.15) is 0 Å². The number of carbonyl (C=O) groups is 2. The van der Waals surface area contributed by atoms with Gasteiger partial charge in [-0.25, -0.2) is 4.39 Å². The molecule has 1 fully saturated rings. The molecule has 0 bridgehead atoms. The molecule has 2 amide bonds. The summed E-state index contributed by atoms with van der Waals surface area (Å²) in [7, 11) is 1.50. The molecule has 40 heavy (non-hydrogen) atoms. The molecule has 210 valence electrons. The van der Waals surface area contributed by atoms with E-state index < -0.39 is 6.23 Å². The monoisotopic (exact) mass is 565 g/mol. The average molecular weight is 566 g/mol. The van der Waals surface area contributed by atoms with Crippen LogP contribution in [0.5, 0.6) is 5.75 Å². The van der Waals surface area contributed by atoms with Crippen LogP contribution in [0.4, 0.5) is 10.1 Å². The molecule has 2 atom stereocenters. The van der Waals surface area contributed by atoms with Gasteiger partial charge in [0.2, 0.25) is 11.8 Å². The van der Waals surface area contributed by atoms with Crippen molar-refractivity contribution in [2.75, 3.05) is 25.5 Å².